The average molecular weight is 237 g/mol. The Hall–Kier alpha value is -1.10. The molecule has 2 rings (SSSR count). The lowest BCUT2D eigenvalue weighted by molar-refractivity contribution is 0.403. The van der Waals surface area contributed by atoms with Gasteiger partial charge in [-0.25, -0.2) is 0 Å². The average Bonchev–Trinajstić information content (AvgIpc) is 2.73. The van der Waals surface area contributed by atoms with Gasteiger partial charge in [-0.2, -0.15) is 4.98 Å². The molecule has 1 aromatic heterocycles. The van der Waals surface area contributed by atoms with Crippen LogP contribution in [0.5, 0.6) is 0 Å². The smallest absolute Gasteiger partial charge is 0.244 e. The Morgan fingerprint density at radius 2 is 2.00 bits per heavy atom. The standard InChI is InChI=1S/C12H23N5/c1-4-5-6-11-14-12(16-15-11)17-7-9(2)13-10(3)8-17/h9-10,13H,4-8H2,1-3H3,(H,14,15,16). The third-order valence-electron chi connectivity index (χ3n) is 3.13. The molecule has 0 bridgehead atoms. The maximum atomic E-state index is 4.57. The van der Waals surface area contributed by atoms with Crippen LogP contribution in [0.15, 0.2) is 0 Å². The molecular formula is C12H23N5. The molecule has 0 spiro atoms. The van der Waals surface area contributed by atoms with Crippen molar-refractivity contribution in [2.75, 3.05) is 18.0 Å². The number of aromatic amines is 1. The summed E-state index contributed by atoms with van der Waals surface area (Å²) in [5.41, 5.74) is 0. The lowest BCUT2D eigenvalue weighted by Gasteiger charge is -2.35. The number of nitrogens with one attached hydrogen (secondary N) is 2. The zero-order chi connectivity index (χ0) is 12.3. The SMILES string of the molecule is CCCCc1nc(N2CC(C)NC(C)C2)n[nH]1. The predicted octanol–water partition coefficient (Wildman–Crippen LogP) is 1.33. The summed E-state index contributed by atoms with van der Waals surface area (Å²) in [6.45, 7) is 8.56. The predicted molar refractivity (Wildman–Crippen MR) is 69.3 cm³/mol. The number of H-pyrrole nitrogens is 1. The molecule has 2 N–H and O–H groups in total. The van der Waals surface area contributed by atoms with E-state index in [0.29, 0.717) is 12.1 Å². The monoisotopic (exact) mass is 237 g/mol. The summed E-state index contributed by atoms with van der Waals surface area (Å²) < 4.78 is 0. The Bertz CT molecular complexity index is 338. The number of aromatic nitrogens is 3. The number of hydrogen-bond acceptors (Lipinski definition) is 4. The van der Waals surface area contributed by atoms with Crippen molar-refractivity contribution < 1.29 is 0 Å². The van der Waals surface area contributed by atoms with Crippen LogP contribution in [0.3, 0.4) is 0 Å². The fourth-order valence-electron chi connectivity index (χ4n) is 2.37. The van der Waals surface area contributed by atoms with Crippen molar-refractivity contribution >= 4 is 5.95 Å². The van der Waals surface area contributed by atoms with E-state index >= 15 is 0 Å². The molecule has 1 aliphatic heterocycles. The van der Waals surface area contributed by atoms with Crippen molar-refractivity contribution in [3.63, 3.8) is 0 Å². The molecule has 2 atom stereocenters. The minimum absolute atomic E-state index is 0.497. The van der Waals surface area contributed by atoms with E-state index in [-0.39, 0.29) is 0 Å². The van der Waals surface area contributed by atoms with Gasteiger partial charge in [-0.05, 0) is 20.3 Å². The van der Waals surface area contributed by atoms with Gasteiger partial charge in [0.2, 0.25) is 5.95 Å². The van der Waals surface area contributed by atoms with Gasteiger partial charge in [0.05, 0.1) is 0 Å². The molecule has 0 amide bonds. The number of hydrogen-bond donors (Lipinski definition) is 2. The van der Waals surface area contributed by atoms with Crippen molar-refractivity contribution in [2.24, 2.45) is 0 Å². The molecule has 5 heteroatoms. The second kappa shape index (κ2) is 5.49. The molecule has 0 saturated carbocycles. The zero-order valence-electron chi connectivity index (χ0n) is 11.0. The lowest BCUT2D eigenvalue weighted by Crippen LogP contribution is -2.54. The van der Waals surface area contributed by atoms with Gasteiger partial charge in [0.25, 0.3) is 0 Å². The summed E-state index contributed by atoms with van der Waals surface area (Å²) in [5, 5.41) is 10.9. The van der Waals surface area contributed by atoms with Crippen LogP contribution in [0, 0.1) is 0 Å². The Morgan fingerprint density at radius 3 is 2.65 bits per heavy atom. The maximum Gasteiger partial charge on any atom is 0.244 e. The second-order valence-electron chi connectivity index (χ2n) is 5.06. The number of anilines is 1. The van der Waals surface area contributed by atoms with Crippen LogP contribution in [0.1, 0.15) is 39.4 Å². The Kier molecular flexibility index (Phi) is 3.99. The molecule has 5 nitrogen and oxygen atoms in total. The fraction of sp³-hybridized carbons (Fsp3) is 0.833. The molecular weight excluding hydrogens is 214 g/mol. The summed E-state index contributed by atoms with van der Waals surface area (Å²) in [4.78, 5) is 6.83. The molecule has 1 fully saturated rings. The summed E-state index contributed by atoms with van der Waals surface area (Å²) in [6.07, 6.45) is 3.36. The van der Waals surface area contributed by atoms with Gasteiger partial charge < -0.3 is 10.2 Å². The number of rotatable bonds is 4. The summed E-state index contributed by atoms with van der Waals surface area (Å²) in [7, 11) is 0. The largest absolute Gasteiger partial charge is 0.336 e. The number of nitrogens with zero attached hydrogens (tertiary/aromatic N) is 3. The molecule has 2 unspecified atom stereocenters. The van der Waals surface area contributed by atoms with Gasteiger partial charge in [-0.3, -0.25) is 5.10 Å². The van der Waals surface area contributed by atoms with Crippen molar-refractivity contribution in [1.29, 1.82) is 0 Å². The van der Waals surface area contributed by atoms with Gasteiger partial charge in [-0.15, -0.1) is 5.10 Å². The van der Waals surface area contributed by atoms with Gasteiger partial charge in [0, 0.05) is 31.6 Å². The minimum Gasteiger partial charge on any atom is -0.336 e. The lowest BCUT2D eigenvalue weighted by atomic mass is 10.1. The number of unbranched alkanes of at least 4 members (excludes halogenated alkanes) is 1. The second-order valence-corrected chi connectivity index (χ2v) is 5.06. The first kappa shape index (κ1) is 12.4. The van der Waals surface area contributed by atoms with Gasteiger partial charge in [0.1, 0.15) is 5.82 Å². The van der Waals surface area contributed by atoms with E-state index in [2.05, 4.69) is 46.2 Å². The molecule has 0 aliphatic carbocycles. The van der Waals surface area contributed by atoms with E-state index in [0.717, 1.165) is 31.3 Å². The summed E-state index contributed by atoms with van der Waals surface area (Å²) in [5.74, 6) is 1.87. The first-order valence-corrected chi connectivity index (χ1v) is 6.61. The van der Waals surface area contributed by atoms with Gasteiger partial charge in [0.15, 0.2) is 0 Å². The van der Waals surface area contributed by atoms with Crippen LogP contribution < -0.4 is 10.2 Å². The topological polar surface area (TPSA) is 56.8 Å². The number of aryl methyl sites for hydroxylation is 1. The first-order valence-electron chi connectivity index (χ1n) is 6.61. The number of piperazine rings is 1. The van der Waals surface area contributed by atoms with E-state index in [1.54, 1.807) is 0 Å². The van der Waals surface area contributed by atoms with Crippen LogP contribution >= 0.6 is 0 Å². The van der Waals surface area contributed by atoms with Crippen molar-refractivity contribution in [3.8, 4) is 0 Å². The third-order valence-corrected chi connectivity index (χ3v) is 3.13. The highest BCUT2D eigenvalue weighted by Gasteiger charge is 2.23. The third kappa shape index (κ3) is 3.19. The van der Waals surface area contributed by atoms with E-state index in [1.165, 1.54) is 12.8 Å². The Balaban J connectivity index is 1.98. The quantitative estimate of drug-likeness (QED) is 0.829. The molecule has 1 saturated heterocycles. The maximum absolute atomic E-state index is 4.57. The van der Waals surface area contributed by atoms with Crippen LogP contribution in [0.25, 0.3) is 0 Å². The van der Waals surface area contributed by atoms with E-state index in [4.69, 9.17) is 0 Å². The molecule has 96 valence electrons. The Morgan fingerprint density at radius 1 is 1.29 bits per heavy atom. The molecule has 0 radical (unpaired) electrons. The normalized spacial score (nSPS) is 25.2. The molecule has 1 aliphatic rings. The molecule has 0 aromatic carbocycles. The van der Waals surface area contributed by atoms with Crippen molar-refractivity contribution in [2.45, 2.75) is 52.1 Å². The zero-order valence-corrected chi connectivity index (χ0v) is 11.0. The van der Waals surface area contributed by atoms with Crippen LogP contribution in [0.4, 0.5) is 5.95 Å². The van der Waals surface area contributed by atoms with Gasteiger partial charge in [-0.1, -0.05) is 13.3 Å². The van der Waals surface area contributed by atoms with E-state index in [1.807, 2.05) is 0 Å². The minimum atomic E-state index is 0.497. The van der Waals surface area contributed by atoms with Crippen molar-refractivity contribution in [3.05, 3.63) is 5.82 Å². The Labute approximate surface area is 103 Å². The van der Waals surface area contributed by atoms with Crippen molar-refractivity contribution in [1.82, 2.24) is 20.5 Å². The highest BCUT2D eigenvalue weighted by atomic mass is 15.4. The van der Waals surface area contributed by atoms with Crippen LogP contribution in [-0.2, 0) is 6.42 Å². The summed E-state index contributed by atoms with van der Waals surface area (Å²) >= 11 is 0. The molecule has 1 aromatic rings. The van der Waals surface area contributed by atoms with Gasteiger partial charge >= 0.3 is 0 Å². The summed E-state index contributed by atoms with van der Waals surface area (Å²) in [6, 6.07) is 0.993. The molecule has 2 heterocycles. The molecule has 17 heavy (non-hydrogen) atoms. The van der Waals surface area contributed by atoms with Crippen LogP contribution in [0.2, 0.25) is 0 Å². The van der Waals surface area contributed by atoms with Crippen LogP contribution in [-0.4, -0.2) is 40.4 Å². The fourth-order valence-corrected chi connectivity index (χ4v) is 2.37. The van der Waals surface area contributed by atoms with E-state index in [9.17, 15) is 0 Å². The highest BCUT2D eigenvalue weighted by molar-refractivity contribution is 5.30. The van der Waals surface area contributed by atoms with E-state index < -0.39 is 0 Å². The first-order chi connectivity index (χ1) is 8.19. The highest BCUT2D eigenvalue weighted by Crippen LogP contribution is 2.13.